The molecule has 1 aliphatic rings. The molecule has 0 saturated carbocycles. The minimum Gasteiger partial charge on any atom is -0.384 e. The van der Waals surface area contributed by atoms with E-state index in [1.165, 1.54) is 11.1 Å². The van der Waals surface area contributed by atoms with E-state index in [0.717, 1.165) is 26.1 Å². The Kier molecular flexibility index (Phi) is 5.04. The van der Waals surface area contributed by atoms with Crippen LogP contribution in [-0.2, 0) is 15.9 Å². The van der Waals surface area contributed by atoms with Crippen molar-refractivity contribution in [3.63, 3.8) is 0 Å². The van der Waals surface area contributed by atoms with Gasteiger partial charge in [0.05, 0.1) is 24.7 Å². The van der Waals surface area contributed by atoms with Gasteiger partial charge in [0, 0.05) is 13.0 Å². The van der Waals surface area contributed by atoms with Crippen LogP contribution in [0, 0.1) is 5.92 Å². The lowest BCUT2D eigenvalue weighted by molar-refractivity contribution is 0.120. The molecule has 0 spiro atoms. The van der Waals surface area contributed by atoms with Crippen LogP contribution in [0.3, 0.4) is 0 Å². The van der Waals surface area contributed by atoms with Crippen LogP contribution in [0.1, 0.15) is 29.8 Å². The molecule has 0 N–H and O–H groups in total. The zero-order valence-electron chi connectivity index (χ0n) is 11.1. The monoisotopic (exact) mass is 268 g/mol. The lowest BCUT2D eigenvalue weighted by Crippen LogP contribution is -2.08. The van der Waals surface area contributed by atoms with Gasteiger partial charge in [0.25, 0.3) is 0 Å². The second-order valence-electron chi connectivity index (χ2n) is 5.03. The first-order valence-corrected chi connectivity index (χ1v) is 6.97. The van der Waals surface area contributed by atoms with Gasteiger partial charge in [-0.15, -0.1) is 11.6 Å². The number of hydrogen-bond donors (Lipinski definition) is 0. The molecule has 18 heavy (non-hydrogen) atoms. The summed E-state index contributed by atoms with van der Waals surface area (Å²) in [5, 5.41) is 0.0615. The average Bonchev–Trinajstić information content (AvgIpc) is 2.83. The van der Waals surface area contributed by atoms with Crippen molar-refractivity contribution in [2.24, 2.45) is 5.92 Å². The Bertz CT molecular complexity index is 363. The van der Waals surface area contributed by atoms with E-state index in [2.05, 4.69) is 31.2 Å². The molecule has 100 valence electrons. The van der Waals surface area contributed by atoms with E-state index >= 15 is 0 Å². The molecule has 2 nitrogen and oxygen atoms in total. The number of ether oxygens (including phenoxy) is 2. The van der Waals surface area contributed by atoms with Crippen molar-refractivity contribution in [1.29, 1.82) is 0 Å². The van der Waals surface area contributed by atoms with E-state index in [0.29, 0.717) is 12.0 Å². The largest absolute Gasteiger partial charge is 0.384 e. The van der Waals surface area contributed by atoms with Crippen molar-refractivity contribution in [3.8, 4) is 0 Å². The molecule has 2 rings (SSSR count). The molecule has 3 atom stereocenters. The Labute approximate surface area is 114 Å². The minimum atomic E-state index is 0.0615. The Balaban J connectivity index is 1.96. The van der Waals surface area contributed by atoms with E-state index in [9.17, 15) is 0 Å². The first-order valence-electron chi connectivity index (χ1n) is 6.54. The molecular formula is C15H21ClO2. The van der Waals surface area contributed by atoms with Crippen LogP contribution in [0.2, 0.25) is 0 Å². The summed E-state index contributed by atoms with van der Waals surface area (Å²) in [6.45, 7) is 3.65. The predicted octanol–water partition coefficient (Wildman–Crippen LogP) is 3.58. The van der Waals surface area contributed by atoms with Gasteiger partial charge in [0.2, 0.25) is 0 Å². The third-order valence-corrected chi connectivity index (χ3v) is 4.14. The van der Waals surface area contributed by atoms with E-state index in [4.69, 9.17) is 21.1 Å². The maximum Gasteiger partial charge on any atom is 0.0636 e. The van der Waals surface area contributed by atoms with Crippen LogP contribution >= 0.6 is 11.6 Å². The first-order chi connectivity index (χ1) is 8.70. The fraction of sp³-hybridized carbons (Fsp3) is 0.600. The normalized spacial score (nSPS) is 25.3. The molecule has 1 fully saturated rings. The average molecular weight is 269 g/mol. The Morgan fingerprint density at radius 3 is 2.67 bits per heavy atom. The molecule has 1 saturated heterocycles. The highest BCUT2D eigenvalue weighted by molar-refractivity contribution is 6.21. The summed E-state index contributed by atoms with van der Waals surface area (Å²) in [5.74, 6) is 0.437. The van der Waals surface area contributed by atoms with Crippen LogP contribution in [0.25, 0.3) is 0 Å². The van der Waals surface area contributed by atoms with Crippen LogP contribution in [0.4, 0.5) is 0 Å². The molecule has 0 amide bonds. The highest BCUT2D eigenvalue weighted by Gasteiger charge is 2.29. The van der Waals surface area contributed by atoms with Gasteiger partial charge < -0.3 is 9.47 Å². The molecule has 0 bridgehead atoms. The minimum absolute atomic E-state index is 0.0615. The van der Waals surface area contributed by atoms with Gasteiger partial charge in [-0.25, -0.2) is 0 Å². The van der Waals surface area contributed by atoms with E-state index in [1.807, 2.05) is 0 Å². The van der Waals surface area contributed by atoms with Gasteiger partial charge in [-0.3, -0.25) is 0 Å². The van der Waals surface area contributed by atoms with Crippen molar-refractivity contribution in [1.82, 2.24) is 0 Å². The molecule has 3 unspecified atom stereocenters. The van der Waals surface area contributed by atoms with Gasteiger partial charge in [-0.2, -0.15) is 0 Å². The first kappa shape index (κ1) is 13.9. The van der Waals surface area contributed by atoms with Crippen molar-refractivity contribution in [3.05, 3.63) is 35.4 Å². The summed E-state index contributed by atoms with van der Waals surface area (Å²) >= 11 is 6.53. The van der Waals surface area contributed by atoms with Crippen LogP contribution < -0.4 is 0 Å². The fourth-order valence-electron chi connectivity index (χ4n) is 2.41. The standard InChI is InChI=1S/C15H21ClO2/c1-11-9-14(10-18-11)15(16)13-5-3-12(4-6-13)7-8-17-2/h3-6,11,14-15H,7-10H2,1-2H3. The van der Waals surface area contributed by atoms with Crippen molar-refractivity contribution < 1.29 is 9.47 Å². The second kappa shape index (κ2) is 6.55. The van der Waals surface area contributed by atoms with Crippen molar-refractivity contribution in [2.45, 2.75) is 31.2 Å². The summed E-state index contributed by atoms with van der Waals surface area (Å²) in [5.41, 5.74) is 2.49. The van der Waals surface area contributed by atoms with E-state index in [-0.39, 0.29) is 5.38 Å². The van der Waals surface area contributed by atoms with E-state index in [1.54, 1.807) is 7.11 Å². The lowest BCUT2D eigenvalue weighted by atomic mass is 9.95. The number of hydrogen-bond acceptors (Lipinski definition) is 2. The molecule has 1 heterocycles. The number of benzene rings is 1. The molecule has 3 heteroatoms. The zero-order chi connectivity index (χ0) is 13.0. The maximum absolute atomic E-state index is 6.53. The second-order valence-corrected chi connectivity index (χ2v) is 5.50. The highest BCUT2D eigenvalue weighted by Crippen LogP contribution is 2.36. The molecule has 1 aromatic rings. The van der Waals surface area contributed by atoms with Crippen LogP contribution in [0.15, 0.2) is 24.3 Å². The van der Waals surface area contributed by atoms with Crippen molar-refractivity contribution in [2.75, 3.05) is 20.3 Å². The molecular weight excluding hydrogens is 248 g/mol. The zero-order valence-corrected chi connectivity index (χ0v) is 11.8. The quantitative estimate of drug-likeness (QED) is 0.760. The third kappa shape index (κ3) is 3.47. The van der Waals surface area contributed by atoms with Crippen molar-refractivity contribution >= 4 is 11.6 Å². The van der Waals surface area contributed by atoms with Gasteiger partial charge in [-0.05, 0) is 30.9 Å². The summed E-state index contributed by atoms with van der Waals surface area (Å²) in [7, 11) is 1.73. The number of methoxy groups -OCH3 is 1. The van der Waals surface area contributed by atoms with Gasteiger partial charge in [0.15, 0.2) is 0 Å². The Morgan fingerprint density at radius 1 is 1.39 bits per heavy atom. The Hall–Kier alpha value is -0.570. The number of alkyl halides is 1. The molecule has 0 radical (unpaired) electrons. The van der Waals surface area contributed by atoms with E-state index < -0.39 is 0 Å². The number of rotatable bonds is 5. The topological polar surface area (TPSA) is 18.5 Å². The summed E-state index contributed by atoms with van der Waals surface area (Å²) in [6, 6.07) is 8.54. The lowest BCUT2D eigenvalue weighted by Gasteiger charge is -2.16. The van der Waals surface area contributed by atoms with Crippen LogP contribution in [0.5, 0.6) is 0 Å². The Morgan fingerprint density at radius 2 is 2.11 bits per heavy atom. The maximum atomic E-state index is 6.53. The van der Waals surface area contributed by atoms with Gasteiger partial charge in [-0.1, -0.05) is 24.3 Å². The SMILES string of the molecule is COCCc1ccc(C(Cl)C2COC(C)C2)cc1. The number of halogens is 1. The van der Waals surface area contributed by atoms with Gasteiger partial charge >= 0.3 is 0 Å². The summed E-state index contributed by atoms with van der Waals surface area (Å²) in [4.78, 5) is 0. The molecule has 1 aromatic carbocycles. The summed E-state index contributed by atoms with van der Waals surface area (Å²) < 4.78 is 10.7. The smallest absolute Gasteiger partial charge is 0.0636 e. The molecule has 1 aliphatic heterocycles. The third-order valence-electron chi connectivity index (χ3n) is 3.54. The fourth-order valence-corrected chi connectivity index (χ4v) is 2.74. The molecule has 0 aromatic heterocycles. The molecule has 0 aliphatic carbocycles. The van der Waals surface area contributed by atoms with Gasteiger partial charge in [0.1, 0.15) is 0 Å². The summed E-state index contributed by atoms with van der Waals surface area (Å²) in [6.07, 6.45) is 2.35. The predicted molar refractivity (Wildman–Crippen MR) is 74.1 cm³/mol. The highest BCUT2D eigenvalue weighted by atomic mass is 35.5. The van der Waals surface area contributed by atoms with Crippen LogP contribution in [-0.4, -0.2) is 26.4 Å².